The first-order valence-corrected chi connectivity index (χ1v) is 11.4. The van der Waals surface area contributed by atoms with Crippen LogP contribution < -0.4 is 5.14 Å². The molecule has 0 aliphatic heterocycles. The van der Waals surface area contributed by atoms with Crippen molar-refractivity contribution in [2.75, 3.05) is 0 Å². The Kier molecular flexibility index (Phi) is 12.4. The zero-order valence-electron chi connectivity index (χ0n) is 18.0. The Morgan fingerprint density at radius 2 is 1.14 bits per heavy atom. The van der Waals surface area contributed by atoms with Crippen LogP contribution in [0.4, 0.5) is 0 Å². The summed E-state index contributed by atoms with van der Waals surface area (Å²) in [5, 5.41) is 5.04. The third kappa shape index (κ3) is 13.8. The quantitative estimate of drug-likeness (QED) is 0.568. The highest BCUT2D eigenvalue weighted by Gasteiger charge is 2.18. The maximum atomic E-state index is 11.6. The fraction of sp³-hybridized carbons (Fsp3) is 0.364. The molecule has 0 aliphatic rings. The van der Waals surface area contributed by atoms with Crippen LogP contribution in [0.2, 0.25) is 0 Å². The van der Waals surface area contributed by atoms with Gasteiger partial charge in [0, 0.05) is 11.8 Å². The first kappa shape index (κ1) is 27.0. The van der Waals surface area contributed by atoms with Crippen molar-refractivity contribution in [1.82, 2.24) is 0 Å². The van der Waals surface area contributed by atoms with E-state index in [1.807, 2.05) is 90.1 Å². The molecule has 2 rings (SSSR count). The fourth-order valence-corrected chi connectivity index (χ4v) is 1.87. The van der Waals surface area contributed by atoms with Gasteiger partial charge in [0.25, 0.3) is 0 Å². The van der Waals surface area contributed by atoms with E-state index in [-0.39, 0.29) is 9.49 Å². The van der Waals surface area contributed by atoms with E-state index in [0.29, 0.717) is 0 Å². The molecule has 2 atom stereocenters. The van der Waals surface area contributed by atoms with Crippen LogP contribution in [0, 0.1) is 0 Å². The van der Waals surface area contributed by atoms with Crippen molar-refractivity contribution in [2.24, 2.45) is 9.54 Å². The van der Waals surface area contributed by atoms with Crippen molar-refractivity contribution in [2.45, 2.75) is 51.0 Å². The van der Waals surface area contributed by atoms with Crippen LogP contribution in [0.15, 0.2) is 65.1 Å². The molecule has 0 heterocycles. The molecule has 0 bridgehead atoms. The van der Waals surface area contributed by atoms with E-state index < -0.39 is 22.0 Å². The van der Waals surface area contributed by atoms with E-state index >= 15 is 0 Å². The zero-order chi connectivity index (χ0) is 22.5. The van der Waals surface area contributed by atoms with Crippen LogP contribution in [0.25, 0.3) is 0 Å². The highest BCUT2D eigenvalue weighted by Crippen LogP contribution is 2.12. The monoisotopic (exact) mass is 436 g/mol. The fourth-order valence-electron chi connectivity index (χ4n) is 1.34. The van der Waals surface area contributed by atoms with E-state index in [0.717, 1.165) is 17.4 Å². The van der Waals surface area contributed by atoms with Gasteiger partial charge in [0.1, 0.15) is 17.3 Å². The summed E-state index contributed by atoms with van der Waals surface area (Å²) in [6, 6.07) is 18.8. The SMILES string of the molecule is CC(C)(C)S(N)=O.CC(C)(C)[S@](=O)N=Cc1ccccc1.O=Cc1ccccc1. The molecule has 0 aliphatic carbocycles. The summed E-state index contributed by atoms with van der Waals surface area (Å²) in [5.74, 6) is 0. The predicted molar refractivity (Wildman–Crippen MR) is 126 cm³/mol. The van der Waals surface area contributed by atoms with Crippen LogP contribution >= 0.6 is 0 Å². The molecule has 1 unspecified atom stereocenters. The molecule has 0 fully saturated rings. The number of carbonyl (C=O) groups excluding carboxylic acids is 1. The molecule has 2 aromatic rings. The van der Waals surface area contributed by atoms with Crippen LogP contribution in [0.3, 0.4) is 0 Å². The third-order valence-electron chi connectivity index (χ3n) is 3.16. The lowest BCUT2D eigenvalue weighted by molar-refractivity contribution is 0.112. The minimum atomic E-state index is -1.18. The van der Waals surface area contributed by atoms with Gasteiger partial charge in [-0.25, -0.2) is 8.42 Å². The van der Waals surface area contributed by atoms with Crippen molar-refractivity contribution in [3.05, 3.63) is 71.8 Å². The lowest BCUT2D eigenvalue weighted by atomic mass is 10.2. The maximum absolute atomic E-state index is 11.6. The molecule has 0 amide bonds. The van der Waals surface area contributed by atoms with Gasteiger partial charge in [0.15, 0.2) is 0 Å². The maximum Gasteiger partial charge on any atom is 0.150 e. The first-order chi connectivity index (χ1) is 13.4. The molecule has 160 valence electrons. The molecule has 0 aromatic heterocycles. The minimum absolute atomic E-state index is 0.250. The number of hydrogen-bond acceptors (Lipinski definition) is 3. The highest BCUT2D eigenvalue weighted by atomic mass is 32.2. The smallest absolute Gasteiger partial charge is 0.150 e. The van der Waals surface area contributed by atoms with Crippen LogP contribution in [-0.4, -0.2) is 30.4 Å². The predicted octanol–water partition coefficient (Wildman–Crippen LogP) is 4.47. The molecule has 29 heavy (non-hydrogen) atoms. The first-order valence-electron chi connectivity index (χ1n) is 9.05. The molecular weight excluding hydrogens is 404 g/mol. The largest absolute Gasteiger partial charge is 0.298 e. The lowest BCUT2D eigenvalue weighted by Gasteiger charge is -2.12. The van der Waals surface area contributed by atoms with E-state index in [4.69, 9.17) is 5.14 Å². The molecule has 5 nitrogen and oxygen atoms in total. The Balaban J connectivity index is 0.000000444. The summed E-state index contributed by atoms with van der Waals surface area (Å²) >= 11 is 0. The molecule has 0 radical (unpaired) electrons. The third-order valence-corrected chi connectivity index (χ3v) is 5.71. The van der Waals surface area contributed by atoms with Gasteiger partial charge in [-0.3, -0.25) is 9.93 Å². The summed E-state index contributed by atoms with van der Waals surface area (Å²) in [6.07, 6.45) is 2.49. The summed E-state index contributed by atoms with van der Waals surface area (Å²) < 4.78 is 25.4. The average molecular weight is 437 g/mol. The van der Waals surface area contributed by atoms with Crippen LogP contribution in [0.1, 0.15) is 57.5 Å². The highest BCUT2D eigenvalue weighted by molar-refractivity contribution is 7.85. The molecule has 0 spiro atoms. The Bertz CT molecular complexity index is 794. The molecule has 7 heteroatoms. The molecule has 0 saturated carbocycles. The molecule has 2 aromatic carbocycles. The van der Waals surface area contributed by atoms with E-state index in [1.165, 1.54) is 0 Å². The molecule has 2 N–H and O–H groups in total. The molecular formula is C22H32N2O3S2. The zero-order valence-corrected chi connectivity index (χ0v) is 19.6. The second-order valence-electron chi connectivity index (χ2n) is 7.95. The number of rotatable bonds is 3. The second kappa shape index (κ2) is 13.3. The number of benzene rings is 2. The van der Waals surface area contributed by atoms with Gasteiger partial charge in [-0.2, -0.15) is 4.40 Å². The van der Waals surface area contributed by atoms with Crippen molar-refractivity contribution >= 4 is 34.5 Å². The van der Waals surface area contributed by atoms with Crippen molar-refractivity contribution < 1.29 is 13.2 Å². The number of nitrogens with two attached hydrogens (primary N) is 1. The Labute approximate surface area is 180 Å². The summed E-state index contributed by atoms with van der Waals surface area (Å²) in [6.45, 7) is 11.2. The van der Waals surface area contributed by atoms with Gasteiger partial charge in [0.2, 0.25) is 0 Å². The van der Waals surface area contributed by atoms with Gasteiger partial charge in [0.05, 0.1) is 20.5 Å². The van der Waals surface area contributed by atoms with Gasteiger partial charge < -0.3 is 0 Å². The number of hydrogen-bond donors (Lipinski definition) is 1. The number of nitrogens with zero attached hydrogens (tertiary/aromatic N) is 1. The normalized spacial score (nSPS) is 13.3. The summed E-state index contributed by atoms with van der Waals surface area (Å²) in [7, 11) is -2.35. The Hall–Kier alpha value is -1.96. The standard InChI is InChI=1S/C11H15NOS.C7H6O.C4H11NOS/c1-11(2,3)14(13)12-9-10-7-5-4-6-8-10;8-6-7-4-2-1-3-5-7;1-4(2,3)7(5)6/h4-9H,1-3H3;1-6H;5H2,1-3H3/t14-;;/m0../s1. The van der Waals surface area contributed by atoms with E-state index in [1.54, 1.807) is 18.3 Å². The van der Waals surface area contributed by atoms with Gasteiger partial charge in [-0.1, -0.05) is 60.7 Å². The Morgan fingerprint density at radius 3 is 1.41 bits per heavy atom. The number of aldehydes is 1. The molecule has 0 saturated heterocycles. The second-order valence-corrected chi connectivity index (χ2v) is 11.7. The summed E-state index contributed by atoms with van der Waals surface area (Å²) in [5.41, 5.74) is 1.71. The van der Waals surface area contributed by atoms with Crippen molar-refractivity contribution in [3.8, 4) is 0 Å². The van der Waals surface area contributed by atoms with Crippen LogP contribution in [-0.2, 0) is 22.0 Å². The Morgan fingerprint density at radius 1 is 0.759 bits per heavy atom. The summed E-state index contributed by atoms with van der Waals surface area (Å²) in [4.78, 5) is 10.0. The van der Waals surface area contributed by atoms with Crippen molar-refractivity contribution in [3.63, 3.8) is 0 Å². The van der Waals surface area contributed by atoms with Gasteiger partial charge >= 0.3 is 0 Å². The van der Waals surface area contributed by atoms with E-state index in [9.17, 15) is 13.2 Å². The van der Waals surface area contributed by atoms with Gasteiger partial charge in [-0.05, 0) is 47.1 Å². The lowest BCUT2D eigenvalue weighted by Crippen LogP contribution is -2.27. The van der Waals surface area contributed by atoms with Gasteiger partial charge in [-0.15, -0.1) is 0 Å². The minimum Gasteiger partial charge on any atom is -0.298 e. The topological polar surface area (TPSA) is 89.6 Å². The van der Waals surface area contributed by atoms with E-state index in [2.05, 4.69) is 4.40 Å². The number of carbonyl (C=O) groups is 1. The average Bonchev–Trinajstić information content (AvgIpc) is 2.67. The van der Waals surface area contributed by atoms with Crippen molar-refractivity contribution in [1.29, 1.82) is 0 Å². The van der Waals surface area contributed by atoms with Crippen LogP contribution in [0.5, 0.6) is 0 Å².